The first kappa shape index (κ1) is 22.5. The van der Waals surface area contributed by atoms with Crippen LogP contribution in [0.3, 0.4) is 0 Å². The minimum Gasteiger partial charge on any atom is -0.335 e. The number of hydrogen-bond acceptors (Lipinski definition) is 5. The third-order valence-electron chi connectivity index (χ3n) is 5.16. The molecule has 2 amide bonds. The third-order valence-corrected chi connectivity index (χ3v) is 6.77. The molecular formula is C23H25N3O4S. The molecule has 0 spiro atoms. The van der Waals surface area contributed by atoms with E-state index in [0.717, 1.165) is 5.56 Å². The van der Waals surface area contributed by atoms with Crippen LogP contribution in [0.25, 0.3) is 0 Å². The maximum absolute atomic E-state index is 13.3. The summed E-state index contributed by atoms with van der Waals surface area (Å²) in [4.78, 5) is 29.0. The lowest BCUT2D eigenvalue weighted by Crippen LogP contribution is -2.49. The molecule has 8 heteroatoms. The van der Waals surface area contributed by atoms with E-state index < -0.39 is 15.9 Å². The van der Waals surface area contributed by atoms with Crippen molar-refractivity contribution in [1.82, 2.24) is 9.80 Å². The molecule has 1 saturated heterocycles. The molecule has 7 nitrogen and oxygen atoms in total. The van der Waals surface area contributed by atoms with E-state index in [4.69, 9.17) is 6.42 Å². The van der Waals surface area contributed by atoms with Gasteiger partial charge in [0.2, 0.25) is 11.8 Å². The molecule has 1 aliphatic heterocycles. The molecule has 162 valence electrons. The van der Waals surface area contributed by atoms with Gasteiger partial charge in [-0.05, 0) is 23.8 Å². The van der Waals surface area contributed by atoms with Crippen molar-refractivity contribution in [3.63, 3.8) is 0 Å². The van der Waals surface area contributed by atoms with E-state index in [9.17, 15) is 18.0 Å². The molecule has 0 aromatic heterocycles. The van der Waals surface area contributed by atoms with Crippen LogP contribution in [0.15, 0.2) is 54.6 Å². The van der Waals surface area contributed by atoms with E-state index in [1.54, 1.807) is 31.3 Å². The largest absolute Gasteiger partial charge is 0.335 e. The van der Waals surface area contributed by atoms with Crippen LogP contribution in [0, 0.1) is 12.3 Å². The number of carbonyl (C=O) groups excluding carboxylic acids is 2. The van der Waals surface area contributed by atoms with E-state index in [-0.39, 0.29) is 43.0 Å². The number of anilines is 1. The summed E-state index contributed by atoms with van der Waals surface area (Å²) in [6.07, 6.45) is 5.39. The SMILES string of the molecule is C#Cc1cccc(NC(=O)CN(C)C(=O)C(c2ccccc2)N2CCS(=O)(=O)CC2)c1. The summed E-state index contributed by atoms with van der Waals surface area (Å²) < 4.78 is 23.7. The predicted octanol–water partition coefficient (Wildman–Crippen LogP) is 1.54. The summed E-state index contributed by atoms with van der Waals surface area (Å²) in [5.74, 6) is 1.92. The summed E-state index contributed by atoms with van der Waals surface area (Å²) in [5, 5.41) is 2.75. The van der Waals surface area contributed by atoms with E-state index in [1.807, 2.05) is 35.2 Å². The monoisotopic (exact) mass is 439 g/mol. The molecule has 1 fully saturated rings. The summed E-state index contributed by atoms with van der Waals surface area (Å²) >= 11 is 0. The molecule has 2 aromatic rings. The molecule has 0 saturated carbocycles. The quantitative estimate of drug-likeness (QED) is 0.690. The molecular weight excluding hydrogens is 414 g/mol. The van der Waals surface area contributed by atoms with Gasteiger partial charge in [0, 0.05) is 31.4 Å². The summed E-state index contributed by atoms with van der Waals surface area (Å²) in [5.41, 5.74) is 1.97. The molecule has 2 aromatic carbocycles. The minimum absolute atomic E-state index is 0.0132. The van der Waals surface area contributed by atoms with E-state index in [0.29, 0.717) is 11.3 Å². The normalized spacial score (nSPS) is 16.6. The number of sulfone groups is 1. The third kappa shape index (κ3) is 5.94. The molecule has 31 heavy (non-hydrogen) atoms. The van der Waals surface area contributed by atoms with Gasteiger partial charge in [-0.1, -0.05) is 42.3 Å². The molecule has 1 aliphatic rings. The molecule has 1 atom stereocenters. The molecule has 3 rings (SSSR count). The molecule has 0 radical (unpaired) electrons. The molecule has 0 aliphatic carbocycles. The van der Waals surface area contributed by atoms with Gasteiger partial charge in [0.25, 0.3) is 0 Å². The summed E-state index contributed by atoms with van der Waals surface area (Å²) in [6.45, 7) is 0.397. The second kappa shape index (κ2) is 9.77. The second-order valence-corrected chi connectivity index (χ2v) is 9.77. The van der Waals surface area contributed by atoms with Gasteiger partial charge in [-0.15, -0.1) is 6.42 Å². The maximum atomic E-state index is 13.3. The predicted molar refractivity (Wildman–Crippen MR) is 120 cm³/mol. The average Bonchev–Trinajstić information content (AvgIpc) is 2.75. The van der Waals surface area contributed by atoms with Gasteiger partial charge in [-0.2, -0.15) is 0 Å². The van der Waals surface area contributed by atoms with Crippen molar-refractivity contribution in [3.05, 3.63) is 65.7 Å². The zero-order valence-corrected chi connectivity index (χ0v) is 18.1. The average molecular weight is 440 g/mol. The Morgan fingerprint density at radius 3 is 2.45 bits per heavy atom. The number of nitrogens with zero attached hydrogens (tertiary/aromatic N) is 2. The van der Waals surface area contributed by atoms with Gasteiger partial charge < -0.3 is 10.2 Å². The lowest BCUT2D eigenvalue weighted by atomic mass is 10.0. The van der Waals surface area contributed by atoms with Gasteiger partial charge in [0.05, 0.1) is 18.1 Å². The first-order chi connectivity index (χ1) is 14.8. The Bertz CT molecular complexity index is 1080. The highest BCUT2D eigenvalue weighted by atomic mass is 32.2. The number of terminal acetylenes is 1. The number of rotatable bonds is 6. The molecule has 1 N–H and O–H groups in total. The van der Waals surface area contributed by atoms with Gasteiger partial charge in [-0.25, -0.2) is 8.42 Å². The fraction of sp³-hybridized carbons (Fsp3) is 0.304. The van der Waals surface area contributed by atoms with Gasteiger partial charge in [0.1, 0.15) is 6.04 Å². The molecule has 1 unspecified atom stereocenters. The van der Waals surface area contributed by atoms with Crippen LogP contribution in [-0.4, -0.2) is 68.2 Å². The zero-order chi connectivity index (χ0) is 22.4. The van der Waals surface area contributed by atoms with Crippen molar-refractivity contribution in [1.29, 1.82) is 0 Å². The Balaban J connectivity index is 1.72. The van der Waals surface area contributed by atoms with Gasteiger partial charge >= 0.3 is 0 Å². The molecule has 1 heterocycles. The van der Waals surface area contributed by atoms with Crippen molar-refractivity contribution in [2.45, 2.75) is 6.04 Å². The Kier molecular flexibility index (Phi) is 7.10. The Hall–Kier alpha value is -3.15. The van der Waals surface area contributed by atoms with Crippen LogP contribution in [0.4, 0.5) is 5.69 Å². The van der Waals surface area contributed by atoms with Crippen LogP contribution in [-0.2, 0) is 19.4 Å². The number of nitrogens with one attached hydrogen (secondary N) is 1. The highest BCUT2D eigenvalue weighted by Crippen LogP contribution is 2.25. The second-order valence-electron chi connectivity index (χ2n) is 7.47. The van der Waals surface area contributed by atoms with Crippen molar-refractivity contribution >= 4 is 27.3 Å². The fourth-order valence-electron chi connectivity index (χ4n) is 3.52. The number of amides is 2. The van der Waals surface area contributed by atoms with E-state index >= 15 is 0 Å². The van der Waals surface area contributed by atoms with Crippen LogP contribution in [0.1, 0.15) is 17.2 Å². The van der Waals surface area contributed by atoms with Crippen molar-refractivity contribution in [2.24, 2.45) is 0 Å². The fourth-order valence-corrected chi connectivity index (χ4v) is 4.75. The Labute approximate surface area is 183 Å². The summed E-state index contributed by atoms with van der Waals surface area (Å²) in [6, 6.07) is 15.5. The van der Waals surface area contributed by atoms with Crippen molar-refractivity contribution in [2.75, 3.05) is 43.5 Å². The van der Waals surface area contributed by atoms with E-state index in [2.05, 4.69) is 11.2 Å². The zero-order valence-electron chi connectivity index (χ0n) is 17.3. The topological polar surface area (TPSA) is 86.8 Å². The number of hydrogen-bond donors (Lipinski definition) is 1. The molecule has 0 bridgehead atoms. The van der Waals surface area contributed by atoms with Gasteiger partial charge in [0.15, 0.2) is 9.84 Å². The highest BCUT2D eigenvalue weighted by molar-refractivity contribution is 7.91. The first-order valence-electron chi connectivity index (χ1n) is 9.90. The lowest BCUT2D eigenvalue weighted by Gasteiger charge is -2.35. The highest BCUT2D eigenvalue weighted by Gasteiger charge is 2.34. The van der Waals surface area contributed by atoms with E-state index in [1.165, 1.54) is 4.90 Å². The van der Waals surface area contributed by atoms with Crippen LogP contribution in [0.2, 0.25) is 0 Å². The Morgan fingerprint density at radius 1 is 1.13 bits per heavy atom. The van der Waals surface area contributed by atoms with Crippen LogP contribution >= 0.6 is 0 Å². The van der Waals surface area contributed by atoms with Crippen molar-refractivity contribution in [3.8, 4) is 12.3 Å². The number of benzene rings is 2. The smallest absolute Gasteiger partial charge is 0.244 e. The standard InChI is InChI=1S/C23H25N3O4S/c1-3-18-8-7-11-20(16-18)24-21(27)17-25(2)23(28)22(19-9-5-4-6-10-19)26-12-14-31(29,30)15-13-26/h1,4-11,16,22H,12-15,17H2,2H3,(H,24,27). The number of carbonyl (C=O) groups is 2. The lowest BCUT2D eigenvalue weighted by molar-refractivity contribution is -0.138. The Morgan fingerprint density at radius 2 is 1.81 bits per heavy atom. The summed E-state index contributed by atoms with van der Waals surface area (Å²) in [7, 11) is -1.52. The number of likely N-dealkylation sites (N-methyl/N-ethyl adjacent to an activating group) is 1. The van der Waals surface area contributed by atoms with Crippen LogP contribution in [0.5, 0.6) is 0 Å². The van der Waals surface area contributed by atoms with Crippen molar-refractivity contribution < 1.29 is 18.0 Å². The van der Waals surface area contributed by atoms with Crippen LogP contribution < -0.4 is 5.32 Å². The van der Waals surface area contributed by atoms with Gasteiger partial charge in [-0.3, -0.25) is 14.5 Å². The first-order valence-corrected chi connectivity index (χ1v) is 11.7. The minimum atomic E-state index is -3.08. The maximum Gasteiger partial charge on any atom is 0.244 e.